The highest BCUT2D eigenvalue weighted by atomic mass is 19.1. The summed E-state index contributed by atoms with van der Waals surface area (Å²) >= 11 is 0. The largest absolute Gasteiger partial charge is 0.370 e. The molecular weight excluding hydrogens is 390 g/mol. The second kappa shape index (κ2) is 7.98. The van der Waals surface area contributed by atoms with Gasteiger partial charge in [0.15, 0.2) is 11.6 Å². The van der Waals surface area contributed by atoms with E-state index in [1.54, 1.807) is 11.1 Å². The lowest BCUT2D eigenvalue weighted by atomic mass is 9.89. The van der Waals surface area contributed by atoms with E-state index in [0.717, 1.165) is 18.1 Å². The van der Waals surface area contributed by atoms with Crippen LogP contribution >= 0.6 is 0 Å². The monoisotopic (exact) mass is 418 g/mol. The molecule has 1 amide bonds. The molecule has 2 N–H and O–H groups in total. The van der Waals surface area contributed by atoms with E-state index in [1.165, 1.54) is 12.1 Å². The summed E-state index contributed by atoms with van der Waals surface area (Å²) in [4.78, 5) is 21.4. The minimum atomic E-state index is -0.888. The van der Waals surface area contributed by atoms with Crippen LogP contribution in [0.25, 0.3) is 0 Å². The molecular formula is C22H28F2N4O2. The summed E-state index contributed by atoms with van der Waals surface area (Å²) in [6, 6.07) is 3.09. The number of carbonyl (C=O) groups is 1. The highest BCUT2D eigenvalue weighted by molar-refractivity contribution is 5.88. The quantitative estimate of drug-likeness (QED) is 0.603. The van der Waals surface area contributed by atoms with Crippen molar-refractivity contribution in [3.8, 4) is 0 Å². The summed E-state index contributed by atoms with van der Waals surface area (Å²) in [7, 11) is 0. The minimum absolute atomic E-state index is 0.0865. The van der Waals surface area contributed by atoms with Crippen molar-refractivity contribution in [2.45, 2.75) is 63.8 Å². The van der Waals surface area contributed by atoms with Crippen LogP contribution in [0.4, 0.5) is 8.78 Å². The fourth-order valence-corrected chi connectivity index (χ4v) is 4.59. The molecule has 0 bridgehead atoms. The lowest BCUT2D eigenvalue weighted by Gasteiger charge is -2.38. The number of allylic oxidation sites excluding steroid dienone is 1. The molecule has 8 heteroatoms. The summed E-state index contributed by atoms with van der Waals surface area (Å²) in [5.41, 5.74) is 6.85. The molecule has 6 nitrogen and oxygen atoms in total. The van der Waals surface area contributed by atoms with Gasteiger partial charge in [-0.1, -0.05) is 12.5 Å². The Morgan fingerprint density at radius 2 is 1.93 bits per heavy atom. The molecule has 3 aliphatic rings. The molecule has 1 spiro atoms. The predicted molar refractivity (Wildman–Crippen MR) is 109 cm³/mol. The zero-order chi connectivity index (χ0) is 21.5. The third-order valence-corrected chi connectivity index (χ3v) is 6.46. The number of halogens is 2. The summed E-state index contributed by atoms with van der Waals surface area (Å²) < 4.78 is 33.7. The highest BCUT2D eigenvalue weighted by Crippen LogP contribution is 2.47. The van der Waals surface area contributed by atoms with E-state index in [1.807, 2.05) is 11.8 Å². The normalized spacial score (nSPS) is 26.6. The highest BCUT2D eigenvalue weighted by Gasteiger charge is 2.58. The van der Waals surface area contributed by atoms with Crippen LogP contribution in [0, 0.1) is 11.6 Å². The Balaban J connectivity index is 1.47. The van der Waals surface area contributed by atoms with Gasteiger partial charge < -0.3 is 20.3 Å². The standard InChI is InChI=1S/C22H28F2N4O2/c1-3-14(2)13-26-21(25)27-8-6-22(7-9-27)20(29)28-18(4-5-19(28)30-22)15-10-16(23)12-17(24)11-15/h10-13,18-19H,3-9H2,1-2H3,(H2,25,26)/b14-13+. The average Bonchev–Trinajstić information content (AvgIpc) is 3.24. The number of ether oxygens (including phenoxy) is 1. The van der Waals surface area contributed by atoms with Gasteiger partial charge in [-0.05, 0) is 43.9 Å². The molecule has 3 saturated heterocycles. The SMILES string of the molecule is CC/C(C)=C/N=C(\N)N1CCC2(CC1)OC1CCC(c3cc(F)cc(F)c3)N1C2=O. The molecule has 30 heavy (non-hydrogen) atoms. The zero-order valence-corrected chi connectivity index (χ0v) is 17.4. The molecule has 3 aliphatic heterocycles. The second-order valence-corrected chi connectivity index (χ2v) is 8.38. The fourth-order valence-electron chi connectivity index (χ4n) is 4.59. The molecule has 1 aromatic carbocycles. The Hall–Kier alpha value is -2.48. The number of aliphatic imine (C=N–C) groups is 1. The van der Waals surface area contributed by atoms with Gasteiger partial charge in [-0.15, -0.1) is 0 Å². The van der Waals surface area contributed by atoms with Crippen LogP contribution in [0.3, 0.4) is 0 Å². The first-order valence-electron chi connectivity index (χ1n) is 10.5. The number of piperidine rings is 1. The predicted octanol–water partition coefficient (Wildman–Crippen LogP) is 3.45. The lowest BCUT2D eigenvalue weighted by molar-refractivity contribution is -0.142. The van der Waals surface area contributed by atoms with Crippen molar-refractivity contribution in [2.75, 3.05) is 13.1 Å². The molecule has 2 unspecified atom stereocenters. The second-order valence-electron chi connectivity index (χ2n) is 8.38. The molecule has 0 aliphatic carbocycles. The summed E-state index contributed by atoms with van der Waals surface area (Å²) in [5.74, 6) is -0.912. The topological polar surface area (TPSA) is 71.2 Å². The van der Waals surface area contributed by atoms with Gasteiger partial charge in [-0.3, -0.25) is 4.79 Å². The van der Waals surface area contributed by atoms with Crippen molar-refractivity contribution in [1.29, 1.82) is 0 Å². The lowest BCUT2D eigenvalue weighted by Crippen LogP contribution is -2.53. The third-order valence-electron chi connectivity index (χ3n) is 6.46. The van der Waals surface area contributed by atoms with Crippen molar-refractivity contribution in [3.63, 3.8) is 0 Å². The average molecular weight is 418 g/mol. The smallest absolute Gasteiger partial charge is 0.257 e. The van der Waals surface area contributed by atoms with Crippen LogP contribution in [-0.4, -0.2) is 46.6 Å². The Kier molecular flexibility index (Phi) is 5.53. The Labute approximate surface area is 175 Å². The number of nitrogens with zero attached hydrogens (tertiary/aromatic N) is 3. The molecule has 0 aromatic heterocycles. The first kappa shape index (κ1) is 20.8. The van der Waals surface area contributed by atoms with Crippen LogP contribution in [0.1, 0.15) is 57.6 Å². The van der Waals surface area contributed by atoms with Gasteiger partial charge in [0, 0.05) is 38.2 Å². The Morgan fingerprint density at radius 3 is 2.57 bits per heavy atom. The van der Waals surface area contributed by atoms with E-state index in [4.69, 9.17) is 10.5 Å². The van der Waals surface area contributed by atoms with E-state index >= 15 is 0 Å². The van der Waals surface area contributed by atoms with E-state index in [-0.39, 0.29) is 18.2 Å². The van der Waals surface area contributed by atoms with Crippen LogP contribution in [0.15, 0.2) is 35.0 Å². The maximum Gasteiger partial charge on any atom is 0.257 e. The van der Waals surface area contributed by atoms with Crippen molar-refractivity contribution < 1.29 is 18.3 Å². The number of rotatable bonds is 3. The number of nitrogens with two attached hydrogens (primary N) is 1. The molecule has 3 fully saturated rings. The van der Waals surface area contributed by atoms with Crippen LogP contribution in [-0.2, 0) is 9.53 Å². The van der Waals surface area contributed by atoms with Crippen LogP contribution in [0.2, 0.25) is 0 Å². The molecule has 1 aromatic rings. The van der Waals surface area contributed by atoms with Gasteiger partial charge in [0.1, 0.15) is 17.9 Å². The van der Waals surface area contributed by atoms with Gasteiger partial charge >= 0.3 is 0 Å². The van der Waals surface area contributed by atoms with E-state index < -0.39 is 17.2 Å². The number of benzene rings is 1. The van der Waals surface area contributed by atoms with Crippen molar-refractivity contribution in [1.82, 2.24) is 9.80 Å². The Bertz CT molecular complexity index is 873. The molecule has 162 valence electrons. The number of carbonyl (C=O) groups excluding carboxylic acids is 1. The van der Waals surface area contributed by atoms with Crippen molar-refractivity contribution >= 4 is 11.9 Å². The molecule has 4 rings (SSSR count). The minimum Gasteiger partial charge on any atom is -0.370 e. The zero-order valence-electron chi connectivity index (χ0n) is 17.4. The van der Waals surface area contributed by atoms with Crippen LogP contribution < -0.4 is 5.73 Å². The fraction of sp³-hybridized carbons (Fsp3) is 0.545. The van der Waals surface area contributed by atoms with E-state index in [0.29, 0.717) is 50.3 Å². The van der Waals surface area contributed by atoms with Gasteiger partial charge in [0.2, 0.25) is 0 Å². The number of likely N-dealkylation sites (tertiary alicyclic amines) is 1. The number of guanidine groups is 1. The molecule has 3 heterocycles. The first-order valence-corrected chi connectivity index (χ1v) is 10.5. The maximum atomic E-state index is 13.7. The third kappa shape index (κ3) is 3.69. The van der Waals surface area contributed by atoms with Gasteiger partial charge in [0.05, 0.1) is 6.04 Å². The van der Waals surface area contributed by atoms with Gasteiger partial charge in [0.25, 0.3) is 5.91 Å². The maximum absolute atomic E-state index is 13.7. The Morgan fingerprint density at radius 1 is 1.27 bits per heavy atom. The van der Waals surface area contributed by atoms with E-state index in [2.05, 4.69) is 11.9 Å². The molecule has 2 atom stereocenters. The summed E-state index contributed by atoms with van der Waals surface area (Å²) in [6.45, 7) is 5.20. The van der Waals surface area contributed by atoms with Crippen molar-refractivity contribution in [2.24, 2.45) is 10.7 Å². The number of fused-ring (bicyclic) bond motifs is 1. The summed E-state index contributed by atoms with van der Waals surface area (Å²) in [5, 5.41) is 0. The van der Waals surface area contributed by atoms with E-state index in [9.17, 15) is 13.6 Å². The van der Waals surface area contributed by atoms with Crippen molar-refractivity contribution in [3.05, 3.63) is 47.2 Å². The molecule has 0 saturated carbocycles. The summed E-state index contributed by atoms with van der Waals surface area (Å²) in [6.07, 6.45) is 4.65. The van der Waals surface area contributed by atoms with Gasteiger partial charge in [-0.2, -0.15) is 0 Å². The number of hydrogen-bond acceptors (Lipinski definition) is 3. The van der Waals surface area contributed by atoms with Crippen LogP contribution in [0.5, 0.6) is 0 Å². The van der Waals surface area contributed by atoms with Gasteiger partial charge in [-0.25, -0.2) is 13.8 Å². The first-order chi connectivity index (χ1) is 14.3. The number of amides is 1. The number of hydrogen-bond donors (Lipinski definition) is 1. The molecule has 0 radical (unpaired) electrons.